The molecule has 0 radical (unpaired) electrons. The van der Waals surface area contributed by atoms with Crippen molar-refractivity contribution >= 4 is 5.82 Å². The van der Waals surface area contributed by atoms with E-state index in [2.05, 4.69) is 10.3 Å². The second-order valence-corrected chi connectivity index (χ2v) is 3.75. The second-order valence-electron chi connectivity index (χ2n) is 3.75. The van der Waals surface area contributed by atoms with Crippen LogP contribution in [-0.2, 0) is 0 Å². The third-order valence-corrected chi connectivity index (χ3v) is 2.71. The van der Waals surface area contributed by atoms with Crippen LogP contribution in [0, 0.1) is 5.92 Å². The summed E-state index contributed by atoms with van der Waals surface area (Å²) in [6.07, 6.45) is 7.43. The zero-order valence-electron chi connectivity index (χ0n) is 7.87. The highest BCUT2D eigenvalue weighted by atomic mass is 15.0. The molecule has 0 unspecified atom stereocenters. The maximum atomic E-state index is 4.23. The first kappa shape index (κ1) is 8.54. The van der Waals surface area contributed by atoms with Crippen molar-refractivity contribution in [2.24, 2.45) is 5.92 Å². The van der Waals surface area contributed by atoms with Gasteiger partial charge in [-0.1, -0.05) is 18.9 Å². The van der Waals surface area contributed by atoms with Gasteiger partial charge in [-0.15, -0.1) is 0 Å². The molecule has 1 saturated carbocycles. The van der Waals surface area contributed by atoms with Crippen molar-refractivity contribution < 1.29 is 0 Å². The number of nitrogens with one attached hydrogen (secondary N) is 1. The Labute approximate surface area is 79.4 Å². The number of aromatic nitrogens is 1. The van der Waals surface area contributed by atoms with Gasteiger partial charge in [0, 0.05) is 12.7 Å². The molecule has 0 spiro atoms. The number of pyridine rings is 1. The Hall–Kier alpha value is -1.05. The van der Waals surface area contributed by atoms with E-state index in [0.717, 1.165) is 18.3 Å². The first-order chi connectivity index (χ1) is 6.45. The lowest BCUT2D eigenvalue weighted by Crippen LogP contribution is -2.11. The lowest BCUT2D eigenvalue weighted by Gasteiger charge is -2.10. The highest BCUT2D eigenvalue weighted by Gasteiger charge is 2.14. The van der Waals surface area contributed by atoms with E-state index in [1.54, 1.807) is 0 Å². The van der Waals surface area contributed by atoms with Gasteiger partial charge in [-0.05, 0) is 30.9 Å². The molecule has 1 aliphatic rings. The number of anilines is 1. The van der Waals surface area contributed by atoms with Gasteiger partial charge in [0.25, 0.3) is 0 Å². The van der Waals surface area contributed by atoms with Gasteiger partial charge in [0.15, 0.2) is 0 Å². The predicted molar refractivity (Wildman–Crippen MR) is 54.7 cm³/mol. The molecule has 2 nitrogen and oxygen atoms in total. The predicted octanol–water partition coefficient (Wildman–Crippen LogP) is 2.68. The van der Waals surface area contributed by atoms with Gasteiger partial charge in [0.2, 0.25) is 0 Å². The first-order valence-corrected chi connectivity index (χ1v) is 5.10. The van der Waals surface area contributed by atoms with Crippen molar-refractivity contribution in [1.82, 2.24) is 4.98 Å². The first-order valence-electron chi connectivity index (χ1n) is 5.10. The van der Waals surface area contributed by atoms with Crippen molar-refractivity contribution in [3.05, 3.63) is 24.4 Å². The van der Waals surface area contributed by atoms with E-state index >= 15 is 0 Å². The van der Waals surface area contributed by atoms with Crippen LogP contribution in [0.2, 0.25) is 0 Å². The topological polar surface area (TPSA) is 24.9 Å². The fourth-order valence-electron chi connectivity index (χ4n) is 1.93. The second kappa shape index (κ2) is 4.26. The van der Waals surface area contributed by atoms with Gasteiger partial charge in [0.1, 0.15) is 5.82 Å². The Balaban J connectivity index is 1.79. The lowest BCUT2D eigenvalue weighted by atomic mass is 10.1. The van der Waals surface area contributed by atoms with Crippen molar-refractivity contribution in [2.75, 3.05) is 11.9 Å². The molecule has 0 bridgehead atoms. The fourth-order valence-corrected chi connectivity index (χ4v) is 1.93. The molecule has 0 atom stereocenters. The summed E-state index contributed by atoms with van der Waals surface area (Å²) in [4.78, 5) is 4.23. The Morgan fingerprint density at radius 1 is 1.31 bits per heavy atom. The fraction of sp³-hybridized carbons (Fsp3) is 0.545. The normalized spacial score (nSPS) is 17.5. The summed E-state index contributed by atoms with van der Waals surface area (Å²) in [5.41, 5.74) is 0. The lowest BCUT2D eigenvalue weighted by molar-refractivity contribution is 0.579. The molecule has 0 amide bonds. The Bertz CT molecular complexity index is 240. The molecule has 1 fully saturated rings. The molecule has 13 heavy (non-hydrogen) atoms. The van der Waals surface area contributed by atoms with Crippen molar-refractivity contribution in [3.63, 3.8) is 0 Å². The van der Waals surface area contributed by atoms with Crippen LogP contribution in [0.25, 0.3) is 0 Å². The van der Waals surface area contributed by atoms with Gasteiger partial charge in [-0.25, -0.2) is 4.98 Å². The molecule has 1 heterocycles. The number of hydrogen-bond donors (Lipinski definition) is 1. The van der Waals surface area contributed by atoms with Crippen LogP contribution in [-0.4, -0.2) is 11.5 Å². The van der Waals surface area contributed by atoms with Crippen LogP contribution in [0.3, 0.4) is 0 Å². The third-order valence-electron chi connectivity index (χ3n) is 2.71. The number of nitrogens with zero attached hydrogens (tertiary/aromatic N) is 1. The van der Waals surface area contributed by atoms with Crippen LogP contribution >= 0.6 is 0 Å². The summed E-state index contributed by atoms with van der Waals surface area (Å²) in [5.74, 6) is 1.89. The van der Waals surface area contributed by atoms with Gasteiger partial charge < -0.3 is 5.32 Å². The molecule has 1 N–H and O–H groups in total. The zero-order valence-corrected chi connectivity index (χ0v) is 7.87. The van der Waals surface area contributed by atoms with Crippen LogP contribution in [0.5, 0.6) is 0 Å². The maximum absolute atomic E-state index is 4.23. The number of rotatable bonds is 3. The van der Waals surface area contributed by atoms with E-state index in [1.165, 1.54) is 25.7 Å². The summed E-state index contributed by atoms with van der Waals surface area (Å²) >= 11 is 0. The molecule has 0 saturated heterocycles. The smallest absolute Gasteiger partial charge is 0.125 e. The summed E-state index contributed by atoms with van der Waals surface area (Å²) in [6, 6.07) is 5.99. The minimum absolute atomic E-state index is 0.877. The molecule has 1 aliphatic carbocycles. The molecule has 70 valence electrons. The molecule has 1 aromatic rings. The van der Waals surface area contributed by atoms with Crippen LogP contribution in [0.1, 0.15) is 25.7 Å². The quantitative estimate of drug-likeness (QED) is 0.766. The van der Waals surface area contributed by atoms with E-state index in [9.17, 15) is 0 Å². The highest BCUT2D eigenvalue weighted by molar-refractivity contribution is 5.32. The monoisotopic (exact) mass is 176 g/mol. The summed E-state index contributed by atoms with van der Waals surface area (Å²) in [6.45, 7) is 1.09. The molecule has 0 aliphatic heterocycles. The molecule has 1 aromatic heterocycles. The van der Waals surface area contributed by atoms with Crippen molar-refractivity contribution in [2.45, 2.75) is 25.7 Å². The molecule has 0 aromatic carbocycles. The third kappa shape index (κ3) is 2.44. The van der Waals surface area contributed by atoms with E-state index in [4.69, 9.17) is 0 Å². The van der Waals surface area contributed by atoms with Crippen molar-refractivity contribution in [1.29, 1.82) is 0 Å². The van der Waals surface area contributed by atoms with E-state index < -0.39 is 0 Å². The zero-order chi connectivity index (χ0) is 8.93. The SMILES string of the molecule is c1ccc(NCC2CCCC2)nc1. The standard InChI is InChI=1S/C11H16N2/c1-2-6-10(5-1)9-13-11-7-3-4-8-12-11/h3-4,7-8,10H,1-2,5-6,9H2,(H,12,13). The van der Waals surface area contributed by atoms with Gasteiger partial charge in [-0.3, -0.25) is 0 Å². The van der Waals surface area contributed by atoms with E-state index in [1.807, 2.05) is 24.4 Å². The summed E-state index contributed by atoms with van der Waals surface area (Å²) < 4.78 is 0. The number of hydrogen-bond acceptors (Lipinski definition) is 2. The molecular formula is C11H16N2. The summed E-state index contributed by atoms with van der Waals surface area (Å²) in [5, 5.41) is 3.38. The van der Waals surface area contributed by atoms with E-state index in [-0.39, 0.29) is 0 Å². The minimum atomic E-state index is 0.877. The maximum Gasteiger partial charge on any atom is 0.125 e. The molecule has 2 rings (SSSR count). The highest BCUT2D eigenvalue weighted by Crippen LogP contribution is 2.24. The van der Waals surface area contributed by atoms with Gasteiger partial charge in [-0.2, -0.15) is 0 Å². The Kier molecular flexibility index (Phi) is 2.80. The average Bonchev–Trinajstić information content (AvgIpc) is 2.69. The van der Waals surface area contributed by atoms with Crippen LogP contribution < -0.4 is 5.32 Å². The minimum Gasteiger partial charge on any atom is -0.370 e. The van der Waals surface area contributed by atoms with Crippen molar-refractivity contribution in [3.8, 4) is 0 Å². The van der Waals surface area contributed by atoms with E-state index in [0.29, 0.717) is 0 Å². The van der Waals surface area contributed by atoms with Gasteiger partial charge >= 0.3 is 0 Å². The average molecular weight is 176 g/mol. The largest absolute Gasteiger partial charge is 0.370 e. The summed E-state index contributed by atoms with van der Waals surface area (Å²) in [7, 11) is 0. The van der Waals surface area contributed by atoms with Crippen LogP contribution in [0.15, 0.2) is 24.4 Å². The Morgan fingerprint density at radius 3 is 2.85 bits per heavy atom. The Morgan fingerprint density at radius 2 is 2.15 bits per heavy atom. The van der Waals surface area contributed by atoms with Crippen LogP contribution in [0.4, 0.5) is 5.82 Å². The molecular weight excluding hydrogens is 160 g/mol. The molecule has 2 heteroatoms. The van der Waals surface area contributed by atoms with Gasteiger partial charge in [0.05, 0.1) is 0 Å².